The summed E-state index contributed by atoms with van der Waals surface area (Å²) in [6.45, 7) is 0.0480. The Morgan fingerprint density at radius 3 is 2.76 bits per heavy atom. The number of nitrogens with zero attached hydrogens (tertiary/aromatic N) is 4. The van der Waals surface area contributed by atoms with Crippen LogP contribution in [0.3, 0.4) is 0 Å². The number of nitrogens with one attached hydrogen (secondary N) is 1. The first-order valence-electron chi connectivity index (χ1n) is 8.51. The molecule has 0 atom stereocenters. The molecule has 0 aliphatic carbocycles. The molecular weight excluding hydrogens is 414 g/mol. The summed E-state index contributed by atoms with van der Waals surface area (Å²) >= 11 is 7.14. The highest BCUT2D eigenvalue weighted by Gasteiger charge is 2.12. The van der Waals surface area contributed by atoms with Gasteiger partial charge in [0.25, 0.3) is 11.1 Å². The average molecular weight is 428 g/mol. The quantitative estimate of drug-likeness (QED) is 0.442. The third-order valence-electron chi connectivity index (χ3n) is 3.69. The minimum Gasteiger partial charge on any atom is -0.466 e. The van der Waals surface area contributed by atoms with E-state index in [9.17, 15) is 4.79 Å². The number of ether oxygens (including phenoxy) is 1. The fourth-order valence-corrected chi connectivity index (χ4v) is 3.14. The molecule has 4 aromatic rings. The summed E-state index contributed by atoms with van der Waals surface area (Å²) in [6.07, 6.45) is 1.54. The van der Waals surface area contributed by atoms with Crippen LogP contribution in [0.15, 0.2) is 64.4 Å². The molecule has 0 unspecified atom stereocenters. The van der Waals surface area contributed by atoms with Gasteiger partial charge in [0.15, 0.2) is 6.61 Å². The Balaban J connectivity index is 1.29. The van der Waals surface area contributed by atoms with Crippen molar-refractivity contribution in [3.05, 3.63) is 65.6 Å². The average Bonchev–Trinajstić information content (AvgIpc) is 3.20. The van der Waals surface area contributed by atoms with E-state index in [0.717, 1.165) is 22.8 Å². The maximum atomic E-state index is 12.0. The van der Waals surface area contributed by atoms with Crippen LogP contribution in [0.5, 0.6) is 5.88 Å². The second kappa shape index (κ2) is 8.89. The van der Waals surface area contributed by atoms with E-state index < -0.39 is 0 Å². The van der Waals surface area contributed by atoms with Crippen molar-refractivity contribution in [1.82, 2.24) is 20.2 Å². The van der Waals surface area contributed by atoms with E-state index in [2.05, 4.69) is 25.5 Å². The lowest BCUT2D eigenvalue weighted by Crippen LogP contribution is -2.14. The summed E-state index contributed by atoms with van der Waals surface area (Å²) in [7, 11) is 0. The summed E-state index contributed by atoms with van der Waals surface area (Å²) in [5.74, 6) is 0.499. The van der Waals surface area contributed by atoms with E-state index in [4.69, 9.17) is 20.8 Å². The smallest absolute Gasteiger partial charge is 0.277 e. The molecule has 2 aromatic heterocycles. The molecule has 0 radical (unpaired) electrons. The summed E-state index contributed by atoms with van der Waals surface area (Å²) in [6, 6.07) is 14.5. The van der Waals surface area contributed by atoms with E-state index in [1.807, 2.05) is 24.3 Å². The number of fused-ring (bicyclic) bond motifs is 1. The Bertz CT molecular complexity index is 1150. The van der Waals surface area contributed by atoms with Gasteiger partial charge >= 0.3 is 0 Å². The fraction of sp³-hybridized carbons (Fsp3) is 0.105. The number of hydrogen-bond acceptors (Lipinski definition) is 8. The van der Waals surface area contributed by atoms with Gasteiger partial charge in [0, 0.05) is 0 Å². The van der Waals surface area contributed by atoms with E-state index >= 15 is 0 Å². The monoisotopic (exact) mass is 427 g/mol. The molecular formula is C19H14ClN5O3S. The highest BCUT2D eigenvalue weighted by molar-refractivity contribution is 7.99. The summed E-state index contributed by atoms with van der Waals surface area (Å²) in [4.78, 5) is 20.7. The van der Waals surface area contributed by atoms with Crippen molar-refractivity contribution in [2.75, 3.05) is 11.1 Å². The topological polar surface area (TPSA) is 103 Å². The maximum Gasteiger partial charge on any atom is 0.277 e. The molecule has 0 aliphatic heterocycles. The lowest BCUT2D eigenvalue weighted by Gasteiger charge is -2.05. The number of rotatable bonds is 7. The molecule has 8 nitrogen and oxygen atoms in total. The number of para-hydroxylation sites is 3. The molecule has 2 aromatic carbocycles. The van der Waals surface area contributed by atoms with Crippen molar-refractivity contribution < 1.29 is 13.9 Å². The second-order valence-electron chi connectivity index (χ2n) is 5.76. The van der Waals surface area contributed by atoms with Crippen LogP contribution in [0.4, 0.5) is 5.69 Å². The molecule has 0 aliphatic rings. The van der Waals surface area contributed by atoms with E-state index in [0.29, 0.717) is 16.6 Å². The number of halogens is 1. The first-order valence-corrected chi connectivity index (χ1v) is 9.88. The van der Waals surface area contributed by atoms with Crippen LogP contribution in [-0.4, -0.2) is 31.8 Å². The third kappa shape index (κ3) is 5.01. The SMILES string of the molecule is O=C(CSc1nnc(COc2cnc3ccccc3n2)o1)Nc1ccccc1Cl. The van der Waals surface area contributed by atoms with E-state index in [1.165, 1.54) is 6.20 Å². The van der Waals surface area contributed by atoms with Crippen LogP contribution >= 0.6 is 23.4 Å². The molecule has 146 valence electrons. The number of aromatic nitrogens is 4. The minimum absolute atomic E-state index is 0.0480. The van der Waals surface area contributed by atoms with Gasteiger partial charge in [-0.1, -0.05) is 47.6 Å². The lowest BCUT2D eigenvalue weighted by atomic mass is 10.3. The lowest BCUT2D eigenvalue weighted by molar-refractivity contribution is -0.113. The molecule has 0 saturated heterocycles. The Morgan fingerprint density at radius 1 is 1.10 bits per heavy atom. The van der Waals surface area contributed by atoms with Crippen molar-refractivity contribution in [3.63, 3.8) is 0 Å². The molecule has 0 saturated carbocycles. The van der Waals surface area contributed by atoms with Crippen LogP contribution in [-0.2, 0) is 11.4 Å². The molecule has 0 spiro atoms. The number of carbonyl (C=O) groups excluding carboxylic acids is 1. The van der Waals surface area contributed by atoms with Gasteiger partial charge in [-0.15, -0.1) is 10.2 Å². The highest BCUT2D eigenvalue weighted by Crippen LogP contribution is 2.22. The van der Waals surface area contributed by atoms with Gasteiger partial charge in [0.1, 0.15) is 0 Å². The Kier molecular flexibility index (Phi) is 5.87. The summed E-state index contributed by atoms with van der Waals surface area (Å²) in [5, 5.41) is 11.3. The molecule has 29 heavy (non-hydrogen) atoms. The van der Waals surface area contributed by atoms with Gasteiger partial charge in [0.2, 0.25) is 11.8 Å². The van der Waals surface area contributed by atoms with Crippen molar-refractivity contribution >= 4 is 46.0 Å². The summed E-state index contributed by atoms with van der Waals surface area (Å²) in [5.41, 5.74) is 2.07. The largest absolute Gasteiger partial charge is 0.466 e. The number of thioether (sulfide) groups is 1. The van der Waals surface area contributed by atoms with Gasteiger partial charge in [-0.05, 0) is 24.3 Å². The van der Waals surface area contributed by atoms with Crippen LogP contribution in [0, 0.1) is 0 Å². The van der Waals surface area contributed by atoms with E-state index in [-0.39, 0.29) is 29.4 Å². The van der Waals surface area contributed by atoms with Crippen LogP contribution < -0.4 is 10.1 Å². The number of hydrogen-bond donors (Lipinski definition) is 1. The Labute approximate surface area is 174 Å². The normalized spacial score (nSPS) is 10.8. The molecule has 4 rings (SSSR count). The predicted molar refractivity (Wildman–Crippen MR) is 109 cm³/mol. The Hall–Kier alpha value is -3.17. The standard InChI is InChI=1S/C19H14ClN5O3S/c20-12-5-1-2-6-13(12)22-16(26)11-29-19-25-24-18(28-19)10-27-17-9-21-14-7-3-4-8-15(14)23-17/h1-9H,10-11H2,(H,22,26). The van der Waals surface area contributed by atoms with Gasteiger partial charge in [-0.3, -0.25) is 4.79 Å². The van der Waals surface area contributed by atoms with Gasteiger partial charge in [0.05, 0.1) is 33.7 Å². The molecule has 1 N–H and O–H groups in total. The van der Waals surface area contributed by atoms with Crippen molar-refractivity contribution in [2.24, 2.45) is 0 Å². The summed E-state index contributed by atoms with van der Waals surface area (Å²) < 4.78 is 11.0. The van der Waals surface area contributed by atoms with Gasteiger partial charge < -0.3 is 14.5 Å². The van der Waals surface area contributed by atoms with Gasteiger partial charge in [-0.2, -0.15) is 0 Å². The number of carbonyl (C=O) groups is 1. The molecule has 1 amide bonds. The van der Waals surface area contributed by atoms with Crippen LogP contribution in [0.25, 0.3) is 11.0 Å². The van der Waals surface area contributed by atoms with E-state index in [1.54, 1.807) is 24.3 Å². The minimum atomic E-state index is -0.231. The highest BCUT2D eigenvalue weighted by atomic mass is 35.5. The molecule has 0 fully saturated rings. The number of benzene rings is 2. The number of amides is 1. The van der Waals surface area contributed by atoms with Crippen LogP contribution in [0.2, 0.25) is 5.02 Å². The maximum absolute atomic E-state index is 12.0. The molecule has 2 heterocycles. The van der Waals surface area contributed by atoms with Crippen molar-refractivity contribution in [3.8, 4) is 5.88 Å². The van der Waals surface area contributed by atoms with Crippen LogP contribution in [0.1, 0.15) is 5.89 Å². The zero-order chi connectivity index (χ0) is 20.1. The Morgan fingerprint density at radius 2 is 1.90 bits per heavy atom. The zero-order valence-electron chi connectivity index (χ0n) is 14.9. The van der Waals surface area contributed by atoms with Gasteiger partial charge in [-0.25, -0.2) is 9.97 Å². The van der Waals surface area contributed by atoms with Crippen molar-refractivity contribution in [2.45, 2.75) is 11.8 Å². The predicted octanol–water partition coefficient (Wildman–Crippen LogP) is 3.98. The third-order valence-corrected chi connectivity index (χ3v) is 4.84. The number of anilines is 1. The first-order chi connectivity index (χ1) is 14.2. The fourth-order valence-electron chi connectivity index (χ4n) is 2.38. The molecule has 10 heteroatoms. The first kappa shape index (κ1) is 19.2. The van der Waals surface area contributed by atoms with Crippen molar-refractivity contribution in [1.29, 1.82) is 0 Å². The second-order valence-corrected chi connectivity index (χ2v) is 7.10. The molecule has 0 bridgehead atoms. The zero-order valence-corrected chi connectivity index (χ0v) is 16.5.